The van der Waals surface area contributed by atoms with E-state index in [0.29, 0.717) is 17.6 Å². The van der Waals surface area contributed by atoms with Crippen molar-refractivity contribution < 1.29 is 39.5 Å². The van der Waals surface area contributed by atoms with Crippen LogP contribution in [0.5, 0.6) is 0 Å². The normalized spacial score (nSPS) is 38.5. The van der Waals surface area contributed by atoms with Gasteiger partial charge in [-0.3, -0.25) is 14.4 Å². The minimum absolute atomic E-state index is 0.0604. The van der Waals surface area contributed by atoms with Crippen LogP contribution in [0.1, 0.15) is 125 Å². The molecule has 0 spiro atoms. The monoisotopic (exact) mass is 616 g/mol. The van der Waals surface area contributed by atoms with E-state index in [1.54, 1.807) is 26.0 Å². The van der Waals surface area contributed by atoms with Crippen LogP contribution in [0.3, 0.4) is 0 Å². The first-order chi connectivity index (χ1) is 20.6. The van der Waals surface area contributed by atoms with Gasteiger partial charge in [-0.1, -0.05) is 104 Å². The molecule has 0 unspecified atom stereocenters. The molecule has 0 aliphatic heterocycles. The average molecular weight is 617 g/mol. The Balaban J connectivity index is 1.61. The molecule has 0 saturated heterocycles. The topological polar surface area (TPSA) is 141 Å². The standard InChI is InChI=1S/C36H56O8/c1-7-8-9-10-11-12-13-14-15-16-17-18-29(39)35(43)24(3)34(42)27(30-32(5,6)36(30,35)44-25(4)38)20-26(22-37)21-33(41)28(34)19-23(2)31(33)40/h19-20,24,27-28,30,37,41-43H,7-18,21-22H2,1-6H3/t24-,27-,28+,30+,33+,34+,35-,36-/m0/s1. The summed E-state index contributed by atoms with van der Waals surface area (Å²) in [6.07, 6.45) is 15.4. The lowest BCUT2D eigenvalue weighted by Gasteiger charge is -2.56. The quantitative estimate of drug-likeness (QED) is 0.113. The molecule has 248 valence electrons. The molecule has 8 heteroatoms. The van der Waals surface area contributed by atoms with E-state index >= 15 is 0 Å². The second-order valence-electron chi connectivity index (χ2n) is 14.9. The zero-order chi connectivity index (χ0) is 32.7. The smallest absolute Gasteiger partial charge is 0.303 e. The molecule has 4 aliphatic carbocycles. The highest BCUT2D eigenvalue weighted by Crippen LogP contribution is 2.79. The largest absolute Gasteiger partial charge is 0.455 e. The van der Waals surface area contributed by atoms with Gasteiger partial charge in [0.1, 0.15) is 5.60 Å². The number of aliphatic hydroxyl groups excluding tert-OH is 1. The van der Waals surface area contributed by atoms with E-state index in [-0.39, 0.29) is 12.8 Å². The number of ketones is 2. The van der Waals surface area contributed by atoms with E-state index < -0.39 is 75.6 Å². The first kappa shape index (κ1) is 35.0. The number of unbranched alkanes of at least 4 members (excludes halogenated alkanes) is 10. The van der Waals surface area contributed by atoms with Gasteiger partial charge in [0, 0.05) is 48.9 Å². The van der Waals surface area contributed by atoms with Gasteiger partial charge in [0.05, 0.1) is 12.2 Å². The molecular formula is C36H56O8. The third-order valence-electron chi connectivity index (χ3n) is 11.9. The van der Waals surface area contributed by atoms with Crippen molar-refractivity contribution in [2.24, 2.45) is 29.1 Å². The maximum atomic E-state index is 14.3. The van der Waals surface area contributed by atoms with Crippen molar-refractivity contribution in [2.45, 2.75) is 147 Å². The van der Waals surface area contributed by atoms with E-state index in [1.165, 1.54) is 51.9 Å². The van der Waals surface area contributed by atoms with Crippen LogP contribution >= 0.6 is 0 Å². The SMILES string of the molecule is CCCCCCCCCCCCCC(=O)[C@@]1(O)[C@@H](C)[C@@]2(O)[C@@H](C=C(CO)C[C@]3(O)C(=O)C(C)=C[C@@H]23)[C@@H]2C(C)(C)[C@@]21OC(C)=O. The number of fused-ring (bicyclic) bond motifs is 5. The highest BCUT2D eigenvalue weighted by molar-refractivity contribution is 6.05. The highest BCUT2D eigenvalue weighted by atomic mass is 16.6. The van der Waals surface area contributed by atoms with E-state index in [0.717, 1.165) is 19.3 Å². The lowest BCUT2D eigenvalue weighted by atomic mass is 9.53. The van der Waals surface area contributed by atoms with Crippen LogP contribution in [-0.2, 0) is 19.1 Å². The van der Waals surface area contributed by atoms with Crippen LogP contribution in [0.25, 0.3) is 0 Å². The summed E-state index contributed by atoms with van der Waals surface area (Å²) in [4.78, 5) is 40.2. The molecule has 0 aromatic heterocycles. The highest BCUT2D eigenvalue weighted by Gasteiger charge is 2.92. The van der Waals surface area contributed by atoms with Crippen molar-refractivity contribution in [2.75, 3.05) is 6.61 Å². The molecule has 44 heavy (non-hydrogen) atoms. The minimum Gasteiger partial charge on any atom is -0.455 e. The van der Waals surface area contributed by atoms with Gasteiger partial charge in [0.2, 0.25) is 0 Å². The summed E-state index contributed by atoms with van der Waals surface area (Å²) in [7, 11) is 0. The van der Waals surface area contributed by atoms with Gasteiger partial charge >= 0.3 is 5.97 Å². The Kier molecular flexibility index (Phi) is 10.1. The summed E-state index contributed by atoms with van der Waals surface area (Å²) >= 11 is 0. The molecule has 0 radical (unpaired) electrons. The molecule has 4 aliphatic rings. The molecule has 0 bridgehead atoms. The molecule has 8 nitrogen and oxygen atoms in total. The maximum absolute atomic E-state index is 14.3. The summed E-state index contributed by atoms with van der Waals surface area (Å²) in [6.45, 7) is 9.84. The third kappa shape index (κ3) is 5.16. The summed E-state index contributed by atoms with van der Waals surface area (Å²) < 4.78 is 6.01. The maximum Gasteiger partial charge on any atom is 0.303 e. The zero-order valence-electron chi connectivity index (χ0n) is 27.8. The first-order valence-electron chi connectivity index (χ1n) is 17.1. The van der Waals surface area contributed by atoms with Gasteiger partial charge in [-0.15, -0.1) is 0 Å². The molecule has 8 atom stereocenters. The predicted molar refractivity (Wildman–Crippen MR) is 167 cm³/mol. The Morgan fingerprint density at radius 3 is 2.00 bits per heavy atom. The summed E-state index contributed by atoms with van der Waals surface area (Å²) in [6, 6.07) is 0. The lowest BCUT2D eigenvalue weighted by Crippen LogP contribution is -2.73. The van der Waals surface area contributed by atoms with Crippen LogP contribution in [0, 0.1) is 29.1 Å². The molecule has 0 amide bonds. The third-order valence-corrected chi connectivity index (χ3v) is 11.9. The van der Waals surface area contributed by atoms with Gasteiger partial charge in [-0.25, -0.2) is 0 Å². The Hall–Kier alpha value is -1.87. The van der Waals surface area contributed by atoms with Gasteiger partial charge in [0.25, 0.3) is 0 Å². The van der Waals surface area contributed by atoms with Crippen LogP contribution in [-0.4, -0.2) is 67.0 Å². The fourth-order valence-electron chi connectivity index (χ4n) is 9.62. The van der Waals surface area contributed by atoms with E-state index in [4.69, 9.17) is 4.74 Å². The summed E-state index contributed by atoms with van der Waals surface area (Å²) in [5.74, 6) is -5.51. The van der Waals surface area contributed by atoms with Crippen molar-refractivity contribution in [3.63, 3.8) is 0 Å². The number of hydrogen-bond donors (Lipinski definition) is 4. The number of hydrogen-bond acceptors (Lipinski definition) is 8. The number of carbonyl (C=O) groups is 3. The van der Waals surface area contributed by atoms with E-state index in [9.17, 15) is 34.8 Å². The zero-order valence-corrected chi connectivity index (χ0v) is 27.8. The fraction of sp³-hybridized carbons (Fsp3) is 0.806. The molecule has 2 saturated carbocycles. The van der Waals surface area contributed by atoms with Crippen molar-refractivity contribution in [3.8, 4) is 0 Å². The van der Waals surface area contributed by atoms with Crippen LogP contribution in [0.15, 0.2) is 23.3 Å². The van der Waals surface area contributed by atoms with Gasteiger partial charge in [0.15, 0.2) is 22.8 Å². The number of carbonyl (C=O) groups excluding carboxylic acids is 3. The fourth-order valence-corrected chi connectivity index (χ4v) is 9.62. The van der Waals surface area contributed by atoms with Crippen molar-refractivity contribution in [1.82, 2.24) is 0 Å². The van der Waals surface area contributed by atoms with Gasteiger partial charge in [-0.05, 0) is 24.5 Å². The van der Waals surface area contributed by atoms with Crippen LogP contribution in [0.4, 0.5) is 0 Å². The van der Waals surface area contributed by atoms with Gasteiger partial charge in [-0.2, -0.15) is 0 Å². The summed E-state index contributed by atoms with van der Waals surface area (Å²) in [5, 5.41) is 47.6. The molecule has 0 heterocycles. The Labute approximate surface area is 263 Å². The van der Waals surface area contributed by atoms with E-state index in [2.05, 4.69) is 6.92 Å². The number of aliphatic hydroxyl groups is 4. The molecule has 0 aromatic carbocycles. The second-order valence-corrected chi connectivity index (χ2v) is 14.9. The van der Waals surface area contributed by atoms with Crippen LogP contribution in [0.2, 0.25) is 0 Å². The minimum atomic E-state index is -2.26. The van der Waals surface area contributed by atoms with Crippen molar-refractivity contribution in [1.29, 1.82) is 0 Å². The van der Waals surface area contributed by atoms with E-state index in [1.807, 2.05) is 13.8 Å². The van der Waals surface area contributed by atoms with Gasteiger partial charge < -0.3 is 25.2 Å². The number of Topliss-reactive ketones (excluding diaryl/α,β-unsaturated/α-hetero) is 2. The van der Waals surface area contributed by atoms with Crippen molar-refractivity contribution in [3.05, 3.63) is 23.3 Å². The number of rotatable bonds is 15. The molecule has 2 fully saturated rings. The summed E-state index contributed by atoms with van der Waals surface area (Å²) in [5.41, 5.74) is -8.09. The second kappa shape index (κ2) is 12.7. The van der Waals surface area contributed by atoms with Crippen molar-refractivity contribution >= 4 is 17.5 Å². The average Bonchev–Trinajstić information content (AvgIpc) is 3.40. The molecule has 4 N–H and O–H groups in total. The number of ether oxygens (including phenoxy) is 1. The lowest BCUT2D eigenvalue weighted by molar-refractivity contribution is -0.251. The Bertz CT molecular complexity index is 1190. The molecular weight excluding hydrogens is 560 g/mol. The Morgan fingerprint density at radius 1 is 0.932 bits per heavy atom. The molecule has 0 aromatic rings. The van der Waals surface area contributed by atoms with Crippen LogP contribution < -0.4 is 0 Å². The Morgan fingerprint density at radius 2 is 1.48 bits per heavy atom. The molecule has 4 rings (SSSR count). The predicted octanol–water partition coefficient (Wildman–Crippen LogP) is 5.14. The first-order valence-corrected chi connectivity index (χ1v) is 17.1. The number of esters is 1.